The Balaban J connectivity index is 2.01. The minimum Gasteiger partial charge on any atom is -0.469 e. The Labute approximate surface area is 140 Å². The number of guanidine groups is 1. The maximum Gasteiger partial charge on any atom is 0.310 e. The maximum atomic E-state index is 13.9. The van der Waals surface area contributed by atoms with Gasteiger partial charge in [-0.1, -0.05) is 13.0 Å². The molecule has 0 saturated carbocycles. The molecule has 0 bridgehead atoms. The van der Waals surface area contributed by atoms with Crippen LogP contribution in [-0.4, -0.2) is 44.1 Å². The van der Waals surface area contributed by atoms with Crippen molar-refractivity contribution in [2.45, 2.75) is 13.5 Å². The van der Waals surface area contributed by atoms with Gasteiger partial charge >= 0.3 is 5.97 Å². The molecule has 2 atom stereocenters. The molecule has 1 fully saturated rings. The lowest BCUT2D eigenvalue weighted by molar-refractivity contribution is -0.145. The molecule has 2 rings (SSSR count). The normalized spacial score (nSPS) is 20.6. The second-order valence-electron chi connectivity index (χ2n) is 5.83. The van der Waals surface area contributed by atoms with Gasteiger partial charge in [0.25, 0.3) is 0 Å². The number of carbonyl (C=O) groups excluding carboxylic acids is 1. The highest BCUT2D eigenvalue weighted by Crippen LogP contribution is 2.24. The molecule has 1 aliphatic rings. The summed E-state index contributed by atoms with van der Waals surface area (Å²) in [6, 6.07) is 6.28. The molecule has 1 aromatic rings. The van der Waals surface area contributed by atoms with Gasteiger partial charge in [-0.25, -0.2) is 4.39 Å². The first kappa shape index (κ1) is 17.7. The zero-order valence-corrected chi connectivity index (χ0v) is 14.0. The van der Waals surface area contributed by atoms with Gasteiger partial charge in [0, 0.05) is 32.2 Å². The number of rotatable bonds is 3. The second kappa shape index (κ2) is 7.77. The Bertz CT molecular complexity index is 684. The van der Waals surface area contributed by atoms with Crippen molar-refractivity contribution >= 4 is 11.9 Å². The van der Waals surface area contributed by atoms with Crippen LogP contribution in [0.2, 0.25) is 0 Å². The van der Waals surface area contributed by atoms with Crippen molar-refractivity contribution in [3.63, 3.8) is 0 Å². The van der Waals surface area contributed by atoms with E-state index < -0.39 is 5.82 Å². The quantitative estimate of drug-likeness (QED) is 0.516. The molecule has 0 radical (unpaired) electrons. The van der Waals surface area contributed by atoms with Gasteiger partial charge in [0.05, 0.1) is 24.7 Å². The molecule has 2 unspecified atom stereocenters. The van der Waals surface area contributed by atoms with Gasteiger partial charge in [-0.15, -0.1) is 0 Å². The predicted octanol–water partition coefficient (Wildman–Crippen LogP) is 1.51. The molecule has 0 amide bonds. The van der Waals surface area contributed by atoms with Crippen LogP contribution < -0.4 is 5.32 Å². The number of benzene rings is 1. The number of hydrogen-bond acceptors (Lipinski definition) is 4. The van der Waals surface area contributed by atoms with Gasteiger partial charge in [-0.3, -0.25) is 9.79 Å². The highest BCUT2D eigenvalue weighted by atomic mass is 19.1. The summed E-state index contributed by atoms with van der Waals surface area (Å²) in [4.78, 5) is 18.0. The summed E-state index contributed by atoms with van der Waals surface area (Å²) in [7, 11) is 3.03. The van der Waals surface area contributed by atoms with E-state index in [-0.39, 0.29) is 29.9 Å². The van der Waals surface area contributed by atoms with E-state index in [4.69, 9.17) is 10.00 Å². The van der Waals surface area contributed by atoms with Crippen LogP contribution in [-0.2, 0) is 16.1 Å². The van der Waals surface area contributed by atoms with Crippen LogP contribution in [0.15, 0.2) is 23.2 Å². The molecule has 24 heavy (non-hydrogen) atoms. The van der Waals surface area contributed by atoms with Gasteiger partial charge in [0.1, 0.15) is 5.82 Å². The Kier molecular flexibility index (Phi) is 5.74. The van der Waals surface area contributed by atoms with E-state index in [9.17, 15) is 9.18 Å². The molecule has 0 spiro atoms. The Morgan fingerprint density at radius 2 is 2.29 bits per heavy atom. The van der Waals surface area contributed by atoms with Crippen molar-refractivity contribution in [2.75, 3.05) is 27.2 Å². The van der Waals surface area contributed by atoms with Gasteiger partial charge in [-0.2, -0.15) is 5.26 Å². The largest absolute Gasteiger partial charge is 0.469 e. The number of hydrogen-bond donors (Lipinski definition) is 1. The summed E-state index contributed by atoms with van der Waals surface area (Å²) >= 11 is 0. The smallest absolute Gasteiger partial charge is 0.310 e. The number of halogens is 1. The molecule has 0 aromatic heterocycles. The number of methoxy groups -OCH3 is 1. The first-order chi connectivity index (χ1) is 11.5. The van der Waals surface area contributed by atoms with Crippen molar-refractivity contribution in [2.24, 2.45) is 16.8 Å². The zero-order valence-electron chi connectivity index (χ0n) is 14.0. The van der Waals surface area contributed by atoms with Crippen molar-refractivity contribution in [1.82, 2.24) is 10.2 Å². The molecule has 1 aromatic carbocycles. The Hall–Kier alpha value is -2.62. The average Bonchev–Trinajstić information content (AvgIpc) is 2.97. The number of ether oxygens (including phenoxy) is 1. The summed E-state index contributed by atoms with van der Waals surface area (Å²) in [6.45, 7) is 3.44. The lowest BCUT2D eigenvalue weighted by atomic mass is 9.99. The summed E-state index contributed by atoms with van der Waals surface area (Å²) in [5.41, 5.74) is 0.738. The number of esters is 1. The minimum absolute atomic E-state index is 0.155. The van der Waals surface area contributed by atoms with Gasteiger partial charge in [0.2, 0.25) is 0 Å². The highest BCUT2D eigenvalue weighted by molar-refractivity contribution is 5.82. The van der Waals surface area contributed by atoms with Crippen molar-refractivity contribution in [3.05, 3.63) is 35.1 Å². The molecular weight excluding hydrogens is 311 g/mol. The van der Waals surface area contributed by atoms with Gasteiger partial charge < -0.3 is 15.0 Å². The molecular formula is C17H21FN4O2. The lowest BCUT2D eigenvalue weighted by Crippen LogP contribution is -2.40. The summed E-state index contributed by atoms with van der Waals surface area (Å²) in [5, 5.41) is 11.9. The van der Waals surface area contributed by atoms with Crippen LogP contribution in [0.4, 0.5) is 4.39 Å². The Morgan fingerprint density at radius 3 is 2.88 bits per heavy atom. The summed E-state index contributed by atoms with van der Waals surface area (Å²) in [5.74, 6) is -0.0855. The lowest BCUT2D eigenvalue weighted by Gasteiger charge is -2.21. The van der Waals surface area contributed by atoms with Crippen LogP contribution in [0.3, 0.4) is 0 Å². The number of carbonyl (C=O) groups is 1. The number of aliphatic imine (C=N–C) groups is 1. The number of nitrogens with one attached hydrogen (secondary N) is 1. The van der Waals surface area contributed by atoms with Crippen LogP contribution in [0.25, 0.3) is 0 Å². The fourth-order valence-electron chi connectivity index (χ4n) is 2.86. The standard InChI is InChI=1S/C17H21FN4O2/c1-11-9-22(10-14(11)16(23)24-3)17(20-2)21-8-13-5-4-12(7-19)6-15(13)18/h4-6,11,14H,8-10H2,1-3H3,(H,20,21). The first-order valence-corrected chi connectivity index (χ1v) is 7.72. The number of likely N-dealkylation sites (tertiary alicyclic amines) is 1. The van der Waals surface area contributed by atoms with E-state index in [0.717, 1.165) is 0 Å². The molecule has 128 valence electrons. The monoisotopic (exact) mass is 332 g/mol. The fraction of sp³-hybridized carbons (Fsp3) is 0.471. The van der Waals surface area contributed by atoms with Crippen molar-refractivity contribution < 1.29 is 13.9 Å². The number of nitrogens with zero attached hydrogens (tertiary/aromatic N) is 3. The third kappa shape index (κ3) is 3.82. The molecule has 1 saturated heterocycles. The molecule has 6 nitrogen and oxygen atoms in total. The average molecular weight is 332 g/mol. The third-order valence-electron chi connectivity index (χ3n) is 4.25. The SMILES string of the molecule is CN=C(NCc1ccc(C#N)cc1F)N1CC(C)C(C(=O)OC)C1. The summed E-state index contributed by atoms with van der Waals surface area (Å²) < 4.78 is 18.8. The third-order valence-corrected chi connectivity index (χ3v) is 4.25. The van der Waals surface area contributed by atoms with Crippen LogP contribution in [0.5, 0.6) is 0 Å². The van der Waals surface area contributed by atoms with Crippen LogP contribution in [0.1, 0.15) is 18.1 Å². The molecule has 1 heterocycles. The molecule has 1 aliphatic heterocycles. The summed E-state index contributed by atoms with van der Waals surface area (Å²) in [6.07, 6.45) is 0. The van der Waals surface area contributed by atoms with E-state index in [1.807, 2.05) is 17.9 Å². The van der Waals surface area contributed by atoms with Crippen LogP contribution in [0, 0.1) is 29.0 Å². The van der Waals surface area contributed by atoms with Crippen molar-refractivity contribution in [3.8, 4) is 6.07 Å². The Morgan fingerprint density at radius 1 is 1.54 bits per heavy atom. The maximum absolute atomic E-state index is 13.9. The molecule has 1 N–H and O–H groups in total. The van der Waals surface area contributed by atoms with Crippen molar-refractivity contribution in [1.29, 1.82) is 5.26 Å². The molecule has 0 aliphatic carbocycles. The van der Waals surface area contributed by atoms with E-state index >= 15 is 0 Å². The first-order valence-electron chi connectivity index (χ1n) is 7.72. The predicted molar refractivity (Wildman–Crippen MR) is 87.6 cm³/mol. The topological polar surface area (TPSA) is 77.7 Å². The van der Waals surface area contributed by atoms with Crippen LogP contribution >= 0.6 is 0 Å². The van der Waals surface area contributed by atoms with E-state index in [1.54, 1.807) is 19.2 Å². The molecule has 7 heteroatoms. The van der Waals surface area contributed by atoms with E-state index in [1.165, 1.54) is 13.2 Å². The zero-order chi connectivity index (χ0) is 17.7. The minimum atomic E-state index is -0.431. The van der Waals surface area contributed by atoms with Gasteiger partial charge in [0.15, 0.2) is 5.96 Å². The highest BCUT2D eigenvalue weighted by Gasteiger charge is 2.36. The fourth-order valence-corrected chi connectivity index (χ4v) is 2.86. The van der Waals surface area contributed by atoms with E-state index in [2.05, 4.69) is 10.3 Å². The van der Waals surface area contributed by atoms with E-state index in [0.29, 0.717) is 24.6 Å². The second-order valence-corrected chi connectivity index (χ2v) is 5.83. The van der Waals surface area contributed by atoms with Gasteiger partial charge in [-0.05, 0) is 18.1 Å². The number of nitriles is 1.